The molecule has 21 heavy (non-hydrogen) atoms. The number of amides is 1. The van der Waals surface area contributed by atoms with Crippen molar-refractivity contribution in [3.05, 3.63) is 49.1 Å². The van der Waals surface area contributed by atoms with E-state index in [0.29, 0.717) is 25.9 Å². The van der Waals surface area contributed by atoms with Crippen molar-refractivity contribution >= 4 is 66.7 Å². The number of anilines is 1. The minimum absolute atomic E-state index is 0.168. The van der Waals surface area contributed by atoms with E-state index in [1.54, 1.807) is 18.2 Å². The van der Waals surface area contributed by atoms with Gasteiger partial charge in [-0.3, -0.25) is 4.79 Å². The van der Waals surface area contributed by atoms with Gasteiger partial charge in [0.1, 0.15) is 5.69 Å². The van der Waals surface area contributed by atoms with Crippen LogP contribution in [0.5, 0.6) is 0 Å². The first-order valence-electron chi connectivity index (χ1n) is 6.13. The molecule has 1 aromatic carbocycles. The molecule has 1 heterocycles. The van der Waals surface area contributed by atoms with Crippen molar-refractivity contribution in [1.29, 1.82) is 0 Å². The Morgan fingerprint density at radius 1 is 1.24 bits per heavy atom. The van der Waals surface area contributed by atoms with E-state index in [1.807, 2.05) is 24.6 Å². The van der Waals surface area contributed by atoms with Gasteiger partial charge in [-0.2, -0.15) is 0 Å². The summed E-state index contributed by atoms with van der Waals surface area (Å²) in [7, 11) is 0. The monoisotopic (exact) mass is 452 g/mol. The normalized spacial score (nSPS) is 11.0. The molecule has 2 aromatic rings. The molecule has 3 nitrogen and oxygen atoms in total. The molecule has 0 spiro atoms. The van der Waals surface area contributed by atoms with Gasteiger partial charge in [0.2, 0.25) is 0 Å². The van der Waals surface area contributed by atoms with Crippen molar-refractivity contribution in [2.75, 3.05) is 5.32 Å². The Balaban J connectivity index is 2.33. The van der Waals surface area contributed by atoms with E-state index in [-0.39, 0.29) is 11.9 Å². The lowest BCUT2D eigenvalue weighted by Crippen LogP contribution is -2.18. The summed E-state index contributed by atoms with van der Waals surface area (Å²) in [5.74, 6) is -0.241. The molecule has 0 radical (unpaired) electrons. The standard InChI is InChI=1S/C14H12Br2Cl2N2O/c1-7(2)20-6-8(15)5-11(20)14(21)19-10-4-3-9(16)12(17)13(10)18/h3-7H,1-2H3,(H,19,21). The maximum absolute atomic E-state index is 12.4. The van der Waals surface area contributed by atoms with Crippen LogP contribution in [0.25, 0.3) is 0 Å². The first-order chi connectivity index (χ1) is 9.81. The zero-order chi connectivity index (χ0) is 15.7. The van der Waals surface area contributed by atoms with E-state index in [1.165, 1.54) is 0 Å². The van der Waals surface area contributed by atoms with E-state index in [0.717, 1.165) is 4.47 Å². The number of carbonyl (C=O) groups is 1. The van der Waals surface area contributed by atoms with Crippen LogP contribution in [-0.4, -0.2) is 10.5 Å². The highest BCUT2D eigenvalue weighted by atomic mass is 79.9. The molecule has 112 valence electrons. The summed E-state index contributed by atoms with van der Waals surface area (Å²) in [4.78, 5) is 12.4. The molecular formula is C14H12Br2Cl2N2O. The Bertz CT molecular complexity index is 699. The predicted octanol–water partition coefficient (Wildman–Crippen LogP) is 6.15. The second-order valence-electron chi connectivity index (χ2n) is 4.72. The molecule has 0 aliphatic carbocycles. The number of rotatable bonds is 3. The smallest absolute Gasteiger partial charge is 0.272 e. The van der Waals surface area contributed by atoms with Gasteiger partial charge in [0.15, 0.2) is 0 Å². The molecule has 2 rings (SSSR count). The average molecular weight is 455 g/mol. The quantitative estimate of drug-likeness (QED) is 0.554. The number of aromatic nitrogens is 1. The van der Waals surface area contributed by atoms with Gasteiger partial charge in [-0.05, 0) is 63.9 Å². The maximum atomic E-state index is 12.4. The van der Waals surface area contributed by atoms with Crippen molar-refractivity contribution in [2.24, 2.45) is 0 Å². The summed E-state index contributed by atoms with van der Waals surface area (Å²) >= 11 is 18.9. The number of hydrogen-bond donors (Lipinski definition) is 1. The van der Waals surface area contributed by atoms with Gasteiger partial charge < -0.3 is 9.88 Å². The number of nitrogens with one attached hydrogen (secondary N) is 1. The lowest BCUT2D eigenvalue weighted by Gasteiger charge is -2.14. The summed E-state index contributed by atoms with van der Waals surface area (Å²) < 4.78 is 3.41. The van der Waals surface area contributed by atoms with Crippen molar-refractivity contribution in [1.82, 2.24) is 4.57 Å². The van der Waals surface area contributed by atoms with Gasteiger partial charge in [0.05, 0.1) is 15.7 Å². The third-order valence-electron chi connectivity index (χ3n) is 2.89. The lowest BCUT2D eigenvalue weighted by molar-refractivity contribution is 0.101. The lowest BCUT2D eigenvalue weighted by atomic mass is 10.3. The largest absolute Gasteiger partial charge is 0.340 e. The van der Waals surface area contributed by atoms with Gasteiger partial charge in [-0.25, -0.2) is 0 Å². The van der Waals surface area contributed by atoms with Crippen LogP contribution >= 0.6 is 55.1 Å². The summed E-state index contributed by atoms with van der Waals surface area (Å²) in [6, 6.07) is 5.37. The van der Waals surface area contributed by atoms with Crippen molar-refractivity contribution in [3.63, 3.8) is 0 Å². The fourth-order valence-corrected chi connectivity index (χ4v) is 3.12. The van der Waals surface area contributed by atoms with Crippen LogP contribution in [0.4, 0.5) is 5.69 Å². The Hall–Kier alpha value is -0.490. The van der Waals surface area contributed by atoms with E-state index < -0.39 is 0 Å². The first kappa shape index (κ1) is 16.9. The average Bonchev–Trinajstić information content (AvgIpc) is 2.82. The molecule has 7 heteroatoms. The van der Waals surface area contributed by atoms with Gasteiger partial charge in [-0.15, -0.1) is 0 Å². The second kappa shape index (κ2) is 6.73. The van der Waals surface area contributed by atoms with Crippen molar-refractivity contribution in [2.45, 2.75) is 19.9 Å². The summed E-state index contributed by atoms with van der Waals surface area (Å²) in [6.45, 7) is 4.01. The molecule has 1 N–H and O–H groups in total. The van der Waals surface area contributed by atoms with Crippen molar-refractivity contribution in [3.8, 4) is 0 Å². The van der Waals surface area contributed by atoms with Gasteiger partial charge in [0.25, 0.3) is 5.91 Å². The van der Waals surface area contributed by atoms with Crippen LogP contribution < -0.4 is 5.32 Å². The molecule has 0 atom stereocenters. The van der Waals surface area contributed by atoms with E-state index in [2.05, 4.69) is 37.2 Å². The molecule has 0 unspecified atom stereocenters. The number of halogens is 4. The third kappa shape index (κ3) is 3.65. The Labute approximate surface area is 149 Å². The number of benzene rings is 1. The Morgan fingerprint density at radius 2 is 1.90 bits per heavy atom. The molecule has 1 amide bonds. The zero-order valence-corrected chi connectivity index (χ0v) is 15.9. The van der Waals surface area contributed by atoms with Crippen LogP contribution in [0.15, 0.2) is 33.3 Å². The Morgan fingerprint density at radius 3 is 2.52 bits per heavy atom. The maximum Gasteiger partial charge on any atom is 0.272 e. The second-order valence-corrected chi connectivity index (χ2v) is 7.25. The molecular weight excluding hydrogens is 443 g/mol. The van der Waals surface area contributed by atoms with Gasteiger partial charge in [-0.1, -0.05) is 23.2 Å². The van der Waals surface area contributed by atoms with Crippen LogP contribution in [0, 0.1) is 0 Å². The molecule has 0 saturated carbocycles. The molecule has 0 aliphatic heterocycles. The summed E-state index contributed by atoms with van der Waals surface area (Å²) in [5, 5.41) is 3.46. The van der Waals surface area contributed by atoms with Gasteiger partial charge in [0, 0.05) is 21.2 Å². The highest BCUT2D eigenvalue weighted by molar-refractivity contribution is 9.10. The van der Waals surface area contributed by atoms with Crippen molar-refractivity contribution < 1.29 is 4.79 Å². The van der Waals surface area contributed by atoms with E-state index in [9.17, 15) is 4.79 Å². The summed E-state index contributed by atoms with van der Waals surface area (Å²) in [6.07, 6.45) is 1.87. The summed E-state index contributed by atoms with van der Waals surface area (Å²) in [5.41, 5.74) is 1.02. The van der Waals surface area contributed by atoms with Crippen LogP contribution in [0.2, 0.25) is 10.0 Å². The fraction of sp³-hybridized carbons (Fsp3) is 0.214. The van der Waals surface area contributed by atoms with E-state index >= 15 is 0 Å². The minimum atomic E-state index is -0.241. The van der Waals surface area contributed by atoms with Crippen LogP contribution in [0.1, 0.15) is 30.4 Å². The SMILES string of the molecule is CC(C)n1cc(Br)cc1C(=O)Nc1ccc(Br)c(Cl)c1Cl. The fourth-order valence-electron chi connectivity index (χ4n) is 1.86. The molecule has 0 aliphatic rings. The van der Waals surface area contributed by atoms with Gasteiger partial charge >= 0.3 is 0 Å². The highest BCUT2D eigenvalue weighted by Gasteiger charge is 2.17. The number of nitrogens with zero attached hydrogens (tertiary/aromatic N) is 1. The molecule has 0 fully saturated rings. The first-order valence-corrected chi connectivity index (χ1v) is 8.47. The predicted molar refractivity (Wildman–Crippen MR) is 94.6 cm³/mol. The minimum Gasteiger partial charge on any atom is -0.340 e. The molecule has 0 saturated heterocycles. The number of hydrogen-bond acceptors (Lipinski definition) is 1. The van der Waals surface area contributed by atoms with E-state index in [4.69, 9.17) is 23.2 Å². The zero-order valence-electron chi connectivity index (χ0n) is 11.3. The van der Waals surface area contributed by atoms with Crippen LogP contribution in [-0.2, 0) is 0 Å². The molecule has 0 bridgehead atoms. The highest BCUT2D eigenvalue weighted by Crippen LogP contribution is 2.36. The number of carbonyl (C=O) groups excluding carboxylic acids is 1. The Kier molecular flexibility index (Phi) is 5.41. The van der Waals surface area contributed by atoms with Crippen LogP contribution in [0.3, 0.4) is 0 Å². The topological polar surface area (TPSA) is 34.0 Å². The third-order valence-corrected chi connectivity index (χ3v) is 5.09. The molecule has 1 aromatic heterocycles.